The van der Waals surface area contributed by atoms with E-state index in [2.05, 4.69) is 10.3 Å². The molecule has 0 bridgehead atoms. The van der Waals surface area contributed by atoms with Gasteiger partial charge >= 0.3 is 5.97 Å². The molecule has 1 aromatic carbocycles. The van der Waals surface area contributed by atoms with Crippen molar-refractivity contribution in [2.24, 2.45) is 0 Å². The van der Waals surface area contributed by atoms with Crippen LogP contribution < -0.4 is 15.6 Å². The van der Waals surface area contributed by atoms with Gasteiger partial charge in [-0.05, 0) is 46.0 Å². The van der Waals surface area contributed by atoms with E-state index >= 15 is 0 Å². The van der Waals surface area contributed by atoms with E-state index in [1.165, 1.54) is 18.3 Å². The predicted octanol–water partition coefficient (Wildman–Crippen LogP) is 2.55. The summed E-state index contributed by atoms with van der Waals surface area (Å²) >= 11 is 0. The molecule has 0 atom stereocenters. The van der Waals surface area contributed by atoms with E-state index in [9.17, 15) is 19.1 Å². The number of aromatic nitrogens is 2. The SMILES string of the molecule is CNC1CN(c2cc3nc4c(cc3cc2F)c(=O)c(C(=O)O)cn4C(C)(C)C)C1. The normalized spacial score (nSPS) is 15.1. The summed E-state index contributed by atoms with van der Waals surface area (Å²) in [5.41, 5.74) is -0.0352. The van der Waals surface area contributed by atoms with Gasteiger partial charge in [-0.15, -0.1) is 0 Å². The summed E-state index contributed by atoms with van der Waals surface area (Å²) < 4.78 is 16.4. The molecule has 0 amide bonds. The van der Waals surface area contributed by atoms with Crippen LogP contribution in [0.5, 0.6) is 0 Å². The minimum absolute atomic E-state index is 0.165. The average Bonchev–Trinajstić information content (AvgIpc) is 2.59. The molecule has 2 N–H and O–H groups in total. The molecule has 0 saturated carbocycles. The van der Waals surface area contributed by atoms with Crippen molar-refractivity contribution in [1.82, 2.24) is 14.9 Å². The maximum absolute atomic E-state index is 14.7. The Morgan fingerprint density at radius 1 is 1.28 bits per heavy atom. The van der Waals surface area contributed by atoms with Crippen LogP contribution in [-0.2, 0) is 5.54 Å². The zero-order valence-electron chi connectivity index (χ0n) is 16.8. The first-order valence-corrected chi connectivity index (χ1v) is 9.46. The van der Waals surface area contributed by atoms with Crippen molar-refractivity contribution >= 4 is 33.6 Å². The smallest absolute Gasteiger partial charge is 0.341 e. The number of halogens is 1. The van der Waals surface area contributed by atoms with Crippen molar-refractivity contribution in [3.63, 3.8) is 0 Å². The molecule has 1 fully saturated rings. The molecular formula is C21H23FN4O3. The van der Waals surface area contributed by atoms with Gasteiger partial charge in [-0.3, -0.25) is 4.79 Å². The summed E-state index contributed by atoms with van der Waals surface area (Å²) in [5, 5.41) is 13.2. The topological polar surface area (TPSA) is 87.5 Å². The molecule has 0 aliphatic carbocycles. The van der Waals surface area contributed by atoms with Gasteiger partial charge in [0.25, 0.3) is 0 Å². The fraction of sp³-hybridized carbons (Fsp3) is 0.381. The first-order valence-electron chi connectivity index (χ1n) is 9.46. The van der Waals surface area contributed by atoms with Gasteiger partial charge in [0.1, 0.15) is 17.0 Å². The maximum Gasteiger partial charge on any atom is 0.341 e. The van der Waals surface area contributed by atoms with Gasteiger partial charge in [-0.1, -0.05) is 0 Å². The molecule has 1 saturated heterocycles. The molecule has 0 spiro atoms. The number of nitrogens with one attached hydrogen (secondary N) is 1. The molecule has 3 heterocycles. The first kappa shape index (κ1) is 19.3. The number of carboxylic acid groups (broad SMARTS) is 1. The van der Waals surface area contributed by atoms with Crippen molar-refractivity contribution in [3.8, 4) is 0 Å². The number of anilines is 1. The first-order chi connectivity index (χ1) is 13.6. The summed E-state index contributed by atoms with van der Waals surface area (Å²) in [6.45, 7) is 7.13. The van der Waals surface area contributed by atoms with Crippen LogP contribution in [0.15, 0.2) is 29.2 Å². The van der Waals surface area contributed by atoms with Crippen LogP contribution in [0.1, 0.15) is 31.1 Å². The highest BCUT2D eigenvalue weighted by Gasteiger charge is 2.28. The number of hydrogen-bond donors (Lipinski definition) is 2. The third kappa shape index (κ3) is 3.13. The van der Waals surface area contributed by atoms with E-state index in [1.807, 2.05) is 32.7 Å². The second-order valence-corrected chi connectivity index (χ2v) is 8.46. The summed E-state index contributed by atoms with van der Waals surface area (Å²) in [7, 11) is 1.88. The number of likely N-dealkylation sites (N-methyl/N-ethyl adjacent to an activating group) is 1. The van der Waals surface area contributed by atoms with E-state index in [-0.39, 0.29) is 10.9 Å². The van der Waals surface area contributed by atoms with Gasteiger partial charge in [-0.25, -0.2) is 14.2 Å². The second-order valence-electron chi connectivity index (χ2n) is 8.46. The Kier molecular flexibility index (Phi) is 4.34. The largest absolute Gasteiger partial charge is 0.477 e. The van der Waals surface area contributed by atoms with Crippen LogP contribution in [0.3, 0.4) is 0 Å². The maximum atomic E-state index is 14.7. The van der Waals surface area contributed by atoms with E-state index in [4.69, 9.17) is 0 Å². The fourth-order valence-corrected chi connectivity index (χ4v) is 3.68. The highest BCUT2D eigenvalue weighted by molar-refractivity contribution is 5.97. The number of pyridine rings is 2. The Labute approximate surface area is 166 Å². The monoisotopic (exact) mass is 398 g/mol. The number of fused-ring (bicyclic) bond motifs is 2. The summed E-state index contributed by atoms with van der Waals surface area (Å²) in [5.74, 6) is -1.69. The van der Waals surface area contributed by atoms with Crippen molar-refractivity contribution in [2.45, 2.75) is 32.4 Å². The predicted molar refractivity (Wildman–Crippen MR) is 110 cm³/mol. The van der Waals surface area contributed by atoms with Crippen LogP contribution in [0.4, 0.5) is 10.1 Å². The van der Waals surface area contributed by atoms with Gasteiger partial charge in [0.15, 0.2) is 0 Å². The summed E-state index contributed by atoms with van der Waals surface area (Å²) in [6.07, 6.45) is 1.34. The van der Waals surface area contributed by atoms with Crippen molar-refractivity contribution in [3.05, 3.63) is 46.0 Å². The van der Waals surface area contributed by atoms with Gasteiger partial charge < -0.3 is 19.9 Å². The molecule has 7 nitrogen and oxygen atoms in total. The number of rotatable bonds is 3. The number of benzene rings is 1. The van der Waals surface area contributed by atoms with Crippen molar-refractivity contribution in [1.29, 1.82) is 0 Å². The molecule has 0 radical (unpaired) electrons. The Bertz CT molecular complexity index is 1210. The third-order valence-electron chi connectivity index (χ3n) is 5.42. The van der Waals surface area contributed by atoms with Crippen molar-refractivity contribution in [2.75, 3.05) is 25.0 Å². The Balaban J connectivity index is 1.98. The molecule has 8 heteroatoms. The van der Waals surface area contributed by atoms with Gasteiger partial charge in [0.05, 0.1) is 16.6 Å². The lowest BCUT2D eigenvalue weighted by Gasteiger charge is -2.41. The number of carbonyl (C=O) groups is 1. The van der Waals surface area contributed by atoms with E-state index in [1.54, 1.807) is 10.6 Å². The lowest BCUT2D eigenvalue weighted by molar-refractivity contribution is 0.0694. The highest BCUT2D eigenvalue weighted by Crippen LogP contribution is 2.30. The second kappa shape index (κ2) is 6.52. The number of aromatic carboxylic acids is 1. The van der Waals surface area contributed by atoms with E-state index < -0.39 is 22.8 Å². The van der Waals surface area contributed by atoms with Gasteiger partial charge in [-0.2, -0.15) is 0 Å². The van der Waals surface area contributed by atoms with E-state index in [0.717, 1.165) is 0 Å². The molecule has 29 heavy (non-hydrogen) atoms. The molecule has 1 aliphatic rings. The number of carboxylic acids is 1. The molecule has 2 aromatic heterocycles. The average molecular weight is 398 g/mol. The summed E-state index contributed by atoms with van der Waals surface area (Å²) in [6, 6.07) is 4.92. The molecule has 3 aromatic rings. The molecular weight excluding hydrogens is 375 g/mol. The minimum atomic E-state index is -1.30. The zero-order chi connectivity index (χ0) is 21.1. The third-order valence-corrected chi connectivity index (χ3v) is 5.42. The lowest BCUT2D eigenvalue weighted by atomic mass is 10.0. The van der Waals surface area contributed by atoms with Gasteiger partial charge in [0, 0.05) is 36.3 Å². The summed E-state index contributed by atoms with van der Waals surface area (Å²) in [4.78, 5) is 30.9. The number of hydrogen-bond acceptors (Lipinski definition) is 5. The van der Waals surface area contributed by atoms with Crippen LogP contribution >= 0.6 is 0 Å². The Hall–Kier alpha value is -3.00. The lowest BCUT2D eigenvalue weighted by Crippen LogP contribution is -2.57. The van der Waals surface area contributed by atoms with Crippen LogP contribution in [-0.4, -0.2) is 46.8 Å². The Morgan fingerprint density at radius 2 is 1.97 bits per heavy atom. The van der Waals surface area contributed by atoms with Gasteiger partial charge in [0.2, 0.25) is 5.43 Å². The highest BCUT2D eigenvalue weighted by atomic mass is 19.1. The standard InChI is InChI=1S/C21H23FN4O3/c1-21(2,3)26-10-14(20(28)29)18(27)13-5-11-6-15(22)17(7-16(11)24-19(13)26)25-8-12(9-25)23-4/h5-7,10,12,23H,8-9H2,1-4H3,(H,28,29). The Morgan fingerprint density at radius 3 is 2.55 bits per heavy atom. The molecule has 0 unspecified atom stereocenters. The van der Waals surface area contributed by atoms with Crippen LogP contribution in [0.2, 0.25) is 0 Å². The minimum Gasteiger partial charge on any atom is -0.477 e. The zero-order valence-corrected chi connectivity index (χ0v) is 16.8. The molecule has 4 rings (SSSR count). The number of nitrogens with zero attached hydrogens (tertiary/aromatic N) is 3. The van der Waals surface area contributed by atoms with Crippen molar-refractivity contribution < 1.29 is 14.3 Å². The van der Waals surface area contributed by atoms with E-state index in [0.29, 0.717) is 41.4 Å². The van der Waals surface area contributed by atoms with Crippen LogP contribution in [0.25, 0.3) is 21.9 Å². The molecule has 1 aliphatic heterocycles. The fourth-order valence-electron chi connectivity index (χ4n) is 3.68. The molecule has 152 valence electrons. The van der Waals surface area contributed by atoms with Crippen LogP contribution in [0, 0.1) is 5.82 Å². The quantitative estimate of drug-likeness (QED) is 0.660.